The van der Waals surface area contributed by atoms with Crippen molar-refractivity contribution in [3.63, 3.8) is 0 Å². The summed E-state index contributed by atoms with van der Waals surface area (Å²) < 4.78 is 26.0. The van der Waals surface area contributed by atoms with Crippen molar-refractivity contribution in [2.75, 3.05) is 10.6 Å². The molecule has 0 saturated heterocycles. The fourth-order valence-corrected chi connectivity index (χ4v) is 4.51. The molecule has 1 amide bonds. The van der Waals surface area contributed by atoms with Crippen molar-refractivity contribution in [2.45, 2.75) is 46.7 Å². The van der Waals surface area contributed by atoms with Gasteiger partial charge in [0.05, 0.1) is 18.0 Å². The molecule has 0 saturated carbocycles. The van der Waals surface area contributed by atoms with Crippen molar-refractivity contribution in [1.29, 1.82) is 0 Å². The quantitative estimate of drug-likeness (QED) is 0.754. The molecule has 0 aromatic heterocycles. The van der Waals surface area contributed by atoms with Gasteiger partial charge in [-0.25, -0.2) is 8.42 Å². The van der Waals surface area contributed by atoms with Crippen molar-refractivity contribution >= 4 is 33.2 Å². The molecule has 0 spiro atoms. The third-order valence-corrected chi connectivity index (χ3v) is 6.41. The Labute approximate surface area is 172 Å². The van der Waals surface area contributed by atoms with Crippen LogP contribution in [0.3, 0.4) is 0 Å². The number of rotatable bonds is 6. The highest BCUT2D eigenvalue weighted by molar-refractivity contribution is 7.92. The number of carbonyl (C=O) groups excluding carboxylic acids is 1. The van der Waals surface area contributed by atoms with E-state index in [1.807, 2.05) is 45.9 Å². The Balaban J connectivity index is 2.31. The molecular formula is C21H27ClN2O3S. The number of amides is 1. The molecule has 0 aliphatic carbocycles. The zero-order chi connectivity index (χ0) is 21.2. The normalized spacial score (nSPS) is 13.7. The molecule has 0 radical (unpaired) electrons. The lowest BCUT2D eigenvalue weighted by Crippen LogP contribution is -2.48. The van der Waals surface area contributed by atoms with Crippen molar-refractivity contribution in [3.05, 3.63) is 63.7 Å². The number of aryl methyl sites for hydroxylation is 3. The van der Waals surface area contributed by atoms with E-state index >= 15 is 0 Å². The molecule has 0 unspecified atom stereocenters. The first-order chi connectivity index (χ1) is 12.9. The number of carbonyl (C=O) groups is 1. The number of hydrogen-bond acceptors (Lipinski definition) is 3. The summed E-state index contributed by atoms with van der Waals surface area (Å²) in [7, 11) is -3.69. The highest BCUT2D eigenvalue weighted by Crippen LogP contribution is 2.27. The van der Waals surface area contributed by atoms with E-state index in [1.54, 1.807) is 25.1 Å². The molecule has 2 aromatic carbocycles. The van der Waals surface area contributed by atoms with E-state index in [9.17, 15) is 13.2 Å². The number of anilines is 1. The Hall–Kier alpha value is -2.05. The Morgan fingerprint density at radius 2 is 1.64 bits per heavy atom. The van der Waals surface area contributed by atoms with Gasteiger partial charge in [0.2, 0.25) is 15.9 Å². The van der Waals surface area contributed by atoms with Gasteiger partial charge < -0.3 is 5.32 Å². The first kappa shape index (κ1) is 22.2. The Kier molecular flexibility index (Phi) is 6.78. The highest BCUT2D eigenvalue weighted by atomic mass is 35.5. The first-order valence-electron chi connectivity index (χ1n) is 9.05. The summed E-state index contributed by atoms with van der Waals surface area (Å²) in [5, 5.41) is 3.38. The summed E-state index contributed by atoms with van der Waals surface area (Å²) in [5.41, 5.74) is 4.36. The SMILES string of the molecule is Cc1ccc(C)c([C@H](C)NC(=O)[C@H](C)N(c2ccc(C)c(Cl)c2)S(C)(=O)=O)c1. The van der Waals surface area contributed by atoms with Crippen LogP contribution in [-0.2, 0) is 14.8 Å². The molecule has 28 heavy (non-hydrogen) atoms. The summed E-state index contributed by atoms with van der Waals surface area (Å²) in [6.45, 7) is 9.27. The fraction of sp³-hybridized carbons (Fsp3) is 0.381. The van der Waals surface area contributed by atoms with E-state index < -0.39 is 16.1 Å². The maximum Gasteiger partial charge on any atom is 0.244 e. The van der Waals surface area contributed by atoms with Crippen LogP contribution in [0.25, 0.3) is 0 Å². The van der Waals surface area contributed by atoms with Crippen molar-refractivity contribution in [1.82, 2.24) is 5.32 Å². The molecule has 2 atom stereocenters. The summed E-state index contributed by atoms with van der Waals surface area (Å²) >= 11 is 6.17. The van der Waals surface area contributed by atoms with Gasteiger partial charge in [0.25, 0.3) is 0 Å². The van der Waals surface area contributed by atoms with Gasteiger partial charge >= 0.3 is 0 Å². The van der Waals surface area contributed by atoms with Gasteiger partial charge in [-0.1, -0.05) is 41.4 Å². The summed E-state index contributed by atoms with van der Waals surface area (Å²) in [6.07, 6.45) is 1.08. The molecule has 0 heterocycles. The monoisotopic (exact) mass is 422 g/mol. The van der Waals surface area contributed by atoms with E-state index in [-0.39, 0.29) is 11.9 Å². The molecule has 5 nitrogen and oxygen atoms in total. The van der Waals surface area contributed by atoms with Crippen LogP contribution in [-0.4, -0.2) is 26.6 Å². The van der Waals surface area contributed by atoms with Gasteiger partial charge in [-0.3, -0.25) is 9.10 Å². The van der Waals surface area contributed by atoms with Crippen LogP contribution in [0, 0.1) is 20.8 Å². The van der Waals surface area contributed by atoms with Crippen molar-refractivity contribution in [2.24, 2.45) is 0 Å². The number of benzene rings is 2. The Bertz CT molecular complexity index is 989. The Morgan fingerprint density at radius 3 is 2.21 bits per heavy atom. The molecule has 1 N–H and O–H groups in total. The topological polar surface area (TPSA) is 66.5 Å². The first-order valence-corrected chi connectivity index (χ1v) is 11.3. The van der Waals surface area contributed by atoms with E-state index in [1.165, 1.54) is 0 Å². The van der Waals surface area contributed by atoms with Crippen LogP contribution in [0.4, 0.5) is 5.69 Å². The van der Waals surface area contributed by atoms with Crippen LogP contribution in [0.2, 0.25) is 5.02 Å². The molecule has 2 aromatic rings. The second-order valence-corrected chi connectivity index (χ2v) is 9.53. The Morgan fingerprint density at radius 1 is 1.04 bits per heavy atom. The molecule has 7 heteroatoms. The highest BCUT2D eigenvalue weighted by Gasteiger charge is 2.30. The fourth-order valence-electron chi connectivity index (χ4n) is 3.17. The number of halogens is 1. The largest absolute Gasteiger partial charge is 0.348 e. The zero-order valence-electron chi connectivity index (χ0n) is 17.1. The van der Waals surface area contributed by atoms with Crippen LogP contribution in [0.1, 0.15) is 42.1 Å². The average Bonchev–Trinajstić information content (AvgIpc) is 2.58. The minimum absolute atomic E-state index is 0.252. The van der Waals surface area contributed by atoms with Crippen LogP contribution < -0.4 is 9.62 Å². The van der Waals surface area contributed by atoms with E-state index in [2.05, 4.69) is 5.32 Å². The number of sulfonamides is 1. The second kappa shape index (κ2) is 8.53. The van der Waals surface area contributed by atoms with Crippen LogP contribution in [0.15, 0.2) is 36.4 Å². The summed E-state index contributed by atoms with van der Waals surface area (Å²) in [5.74, 6) is -0.379. The van der Waals surface area contributed by atoms with Crippen molar-refractivity contribution in [3.8, 4) is 0 Å². The zero-order valence-corrected chi connectivity index (χ0v) is 18.6. The lowest BCUT2D eigenvalue weighted by atomic mass is 10.00. The minimum Gasteiger partial charge on any atom is -0.348 e. The molecule has 0 bridgehead atoms. The van der Waals surface area contributed by atoms with Gasteiger partial charge in [-0.05, 0) is 63.4 Å². The van der Waals surface area contributed by atoms with Crippen molar-refractivity contribution < 1.29 is 13.2 Å². The third-order valence-electron chi connectivity index (χ3n) is 4.76. The average molecular weight is 423 g/mol. The van der Waals surface area contributed by atoms with E-state index in [4.69, 9.17) is 11.6 Å². The smallest absolute Gasteiger partial charge is 0.244 e. The predicted octanol–water partition coefficient (Wildman–Crippen LogP) is 4.30. The van der Waals surface area contributed by atoms with Gasteiger partial charge in [0, 0.05) is 5.02 Å². The lowest BCUT2D eigenvalue weighted by molar-refractivity contribution is -0.122. The third kappa shape index (κ3) is 5.06. The van der Waals surface area contributed by atoms with Crippen LogP contribution >= 0.6 is 11.6 Å². The maximum atomic E-state index is 12.9. The molecule has 0 fully saturated rings. The van der Waals surface area contributed by atoms with Gasteiger partial charge in [-0.2, -0.15) is 0 Å². The van der Waals surface area contributed by atoms with Gasteiger partial charge in [0.1, 0.15) is 6.04 Å². The minimum atomic E-state index is -3.69. The molecular weight excluding hydrogens is 396 g/mol. The number of nitrogens with one attached hydrogen (secondary N) is 1. The maximum absolute atomic E-state index is 12.9. The molecule has 152 valence electrons. The molecule has 2 rings (SSSR count). The van der Waals surface area contributed by atoms with Gasteiger partial charge in [-0.15, -0.1) is 0 Å². The molecule has 0 aliphatic rings. The standard InChI is InChI=1S/C21H27ClN2O3S/c1-13-7-8-14(2)19(11-13)16(4)23-21(25)17(5)24(28(6,26)27)18-10-9-15(3)20(22)12-18/h7-12,16-17H,1-6H3,(H,23,25)/t16-,17-/m0/s1. The molecule has 0 aliphatic heterocycles. The van der Waals surface area contributed by atoms with Crippen LogP contribution in [0.5, 0.6) is 0 Å². The summed E-state index contributed by atoms with van der Waals surface area (Å²) in [6, 6.07) is 9.82. The summed E-state index contributed by atoms with van der Waals surface area (Å²) in [4.78, 5) is 12.9. The second-order valence-electron chi connectivity index (χ2n) is 7.26. The van der Waals surface area contributed by atoms with E-state index in [0.29, 0.717) is 10.7 Å². The van der Waals surface area contributed by atoms with Gasteiger partial charge in [0.15, 0.2) is 0 Å². The lowest BCUT2D eigenvalue weighted by Gasteiger charge is -2.30. The van der Waals surface area contributed by atoms with E-state index in [0.717, 1.165) is 32.8 Å². The number of hydrogen-bond donors (Lipinski definition) is 1. The predicted molar refractivity (Wildman–Crippen MR) is 115 cm³/mol. The number of nitrogens with zero attached hydrogens (tertiary/aromatic N) is 1.